The molecular formula is C22H19N3O3S. The van der Waals surface area contributed by atoms with Gasteiger partial charge in [-0.05, 0) is 36.4 Å². The van der Waals surface area contributed by atoms with Crippen LogP contribution in [0.5, 0.6) is 11.5 Å². The number of anilines is 1. The first kappa shape index (κ1) is 18.9. The summed E-state index contributed by atoms with van der Waals surface area (Å²) in [4.78, 5) is 8.76. The number of ether oxygens (including phenoxy) is 1. The van der Waals surface area contributed by atoms with E-state index in [1.54, 1.807) is 18.2 Å². The highest BCUT2D eigenvalue weighted by molar-refractivity contribution is 7.90. The highest BCUT2D eigenvalue weighted by atomic mass is 32.2. The second-order valence-electron chi connectivity index (χ2n) is 6.55. The van der Waals surface area contributed by atoms with Crippen molar-refractivity contribution in [1.29, 1.82) is 0 Å². The lowest BCUT2D eigenvalue weighted by Gasteiger charge is -2.13. The van der Waals surface area contributed by atoms with E-state index in [1.807, 2.05) is 54.6 Å². The van der Waals surface area contributed by atoms with Gasteiger partial charge >= 0.3 is 0 Å². The van der Waals surface area contributed by atoms with Gasteiger partial charge in [0.2, 0.25) is 0 Å². The first-order valence-electron chi connectivity index (χ1n) is 9.00. The van der Waals surface area contributed by atoms with E-state index in [4.69, 9.17) is 4.74 Å². The summed E-state index contributed by atoms with van der Waals surface area (Å²) in [6, 6.07) is 22.1. The van der Waals surface area contributed by atoms with Gasteiger partial charge in [0, 0.05) is 23.8 Å². The van der Waals surface area contributed by atoms with Crippen LogP contribution in [0.2, 0.25) is 0 Å². The molecule has 146 valence electrons. The van der Waals surface area contributed by atoms with E-state index in [2.05, 4.69) is 15.3 Å². The number of hydrogen-bond donors (Lipinski definition) is 1. The molecule has 0 spiro atoms. The van der Waals surface area contributed by atoms with E-state index in [9.17, 15) is 8.42 Å². The molecule has 6 nitrogen and oxygen atoms in total. The molecule has 1 aromatic heterocycles. The average molecular weight is 405 g/mol. The van der Waals surface area contributed by atoms with Crippen molar-refractivity contribution >= 4 is 26.6 Å². The topological polar surface area (TPSA) is 81.2 Å². The summed E-state index contributed by atoms with van der Waals surface area (Å²) in [5.74, 6) is 2.06. The van der Waals surface area contributed by atoms with Gasteiger partial charge in [-0.3, -0.25) is 0 Å². The molecule has 4 aromatic rings. The lowest BCUT2D eigenvalue weighted by atomic mass is 10.2. The number of fused-ring (bicyclic) bond motifs is 1. The Balaban J connectivity index is 1.62. The van der Waals surface area contributed by atoms with Crippen LogP contribution in [0.3, 0.4) is 0 Å². The summed E-state index contributed by atoms with van der Waals surface area (Å²) in [5.41, 5.74) is 1.62. The van der Waals surface area contributed by atoms with E-state index in [1.165, 1.54) is 12.6 Å². The van der Waals surface area contributed by atoms with Gasteiger partial charge in [0.05, 0.1) is 10.4 Å². The smallest absolute Gasteiger partial charge is 0.175 e. The van der Waals surface area contributed by atoms with Gasteiger partial charge < -0.3 is 10.1 Å². The highest BCUT2D eigenvalue weighted by Crippen LogP contribution is 2.27. The minimum Gasteiger partial charge on any atom is -0.457 e. The maximum atomic E-state index is 11.9. The van der Waals surface area contributed by atoms with Gasteiger partial charge in [0.1, 0.15) is 23.6 Å². The van der Waals surface area contributed by atoms with Crippen LogP contribution >= 0.6 is 0 Å². The number of nitrogens with one attached hydrogen (secondary N) is 1. The fraction of sp³-hybridized carbons (Fsp3) is 0.0909. The molecule has 0 aliphatic carbocycles. The summed E-state index contributed by atoms with van der Waals surface area (Å²) >= 11 is 0. The molecule has 0 aliphatic rings. The number of benzene rings is 3. The predicted octanol–water partition coefficient (Wildman–Crippen LogP) is 4.44. The molecule has 0 bridgehead atoms. The zero-order valence-electron chi connectivity index (χ0n) is 15.7. The number of sulfone groups is 1. The van der Waals surface area contributed by atoms with E-state index in [0.717, 1.165) is 17.1 Å². The molecule has 0 atom stereocenters. The number of aromatic nitrogens is 2. The van der Waals surface area contributed by atoms with E-state index in [0.29, 0.717) is 23.3 Å². The third kappa shape index (κ3) is 4.35. The Bertz CT molecular complexity index is 1260. The Morgan fingerprint density at radius 3 is 2.48 bits per heavy atom. The van der Waals surface area contributed by atoms with E-state index < -0.39 is 9.84 Å². The van der Waals surface area contributed by atoms with Gasteiger partial charge in [-0.2, -0.15) is 0 Å². The molecule has 29 heavy (non-hydrogen) atoms. The molecule has 3 aromatic carbocycles. The fourth-order valence-electron chi connectivity index (χ4n) is 2.95. The summed E-state index contributed by atoms with van der Waals surface area (Å²) in [6.45, 7) is 0.457. The van der Waals surface area contributed by atoms with Gasteiger partial charge in [0.25, 0.3) is 0 Å². The molecule has 7 heteroatoms. The van der Waals surface area contributed by atoms with Crippen molar-refractivity contribution in [3.05, 3.63) is 84.7 Å². The van der Waals surface area contributed by atoms with Crippen LogP contribution in [0.4, 0.5) is 5.82 Å². The maximum absolute atomic E-state index is 11.9. The molecule has 0 saturated carbocycles. The van der Waals surface area contributed by atoms with E-state index in [-0.39, 0.29) is 4.90 Å². The third-order valence-corrected chi connectivity index (χ3v) is 5.54. The van der Waals surface area contributed by atoms with Crippen molar-refractivity contribution in [3.63, 3.8) is 0 Å². The zero-order valence-corrected chi connectivity index (χ0v) is 16.6. The number of nitrogens with zero attached hydrogens (tertiary/aromatic N) is 2. The number of para-hydroxylation sites is 2. The summed E-state index contributed by atoms with van der Waals surface area (Å²) in [7, 11) is -3.32. The molecule has 0 unspecified atom stereocenters. The Morgan fingerprint density at radius 1 is 0.931 bits per heavy atom. The first-order chi connectivity index (χ1) is 14.0. The molecule has 4 rings (SSSR count). The largest absolute Gasteiger partial charge is 0.457 e. The molecule has 0 saturated heterocycles. The molecular weight excluding hydrogens is 386 g/mol. The van der Waals surface area contributed by atoms with Crippen molar-refractivity contribution in [2.24, 2.45) is 0 Å². The van der Waals surface area contributed by atoms with Gasteiger partial charge in [-0.1, -0.05) is 36.4 Å². The molecule has 0 radical (unpaired) electrons. The minimum atomic E-state index is -3.32. The second kappa shape index (κ2) is 7.89. The first-order valence-corrected chi connectivity index (χ1v) is 10.9. The number of hydrogen-bond acceptors (Lipinski definition) is 6. The lowest BCUT2D eigenvalue weighted by Crippen LogP contribution is -2.05. The average Bonchev–Trinajstić information content (AvgIpc) is 2.73. The van der Waals surface area contributed by atoms with Crippen LogP contribution in [0.25, 0.3) is 10.9 Å². The Hall–Kier alpha value is -3.45. The van der Waals surface area contributed by atoms with Crippen LogP contribution < -0.4 is 10.1 Å². The molecule has 0 aliphatic heterocycles. The van der Waals surface area contributed by atoms with Crippen molar-refractivity contribution in [1.82, 2.24) is 9.97 Å². The quantitative estimate of drug-likeness (QED) is 0.511. The normalized spacial score (nSPS) is 11.3. The van der Waals surface area contributed by atoms with Crippen LogP contribution in [-0.4, -0.2) is 24.6 Å². The van der Waals surface area contributed by atoms with Gasteiger partial charge in [0.15, 0.2) is 9.84 Å². The van der Waals surface area contributed by atoms with Crippen LogP contribution in [0.1, 0.15) is 5.56 Å². The molecule has 0 fully saturated rings. The van der Waals surface area contributed by atoms with Gasteiger partial charge in [-0.25, -0.2) is 18.4 Å². The summed E-state index contributed by atoms with van der Waals surface area (Å²) in [5, 5.41) is 3.93. The third-order valence-electron chi connectivity index (χ3n) is 4.42. The second-order valence-corrected chi connectivity index (χ2v) is 8.57. The Kier molecular flexibility index (Phi) is 5.14. The van der Waals surface area contributed by atoms with E-state index >= 15 is 0 Å². The SMILES string of the molecule is CS(=O)(=O)c1ccc2ncnc(NCc3ccccc3Oc3ccccc3)c2c1. The highest BCUT2D eigenvalue weighted by Gasteiger charge is 2.12. The monoisotopic (exact) mass is 405 g/mol. The number of rotatable bonds is 6. The summed E-state index contributed by atoms with van der Waals surface area (Å²) < 4.78 is 29.8. The Morgan fingerprint density at radius 2 is 1.69 bits per heavy atom. The van der Waals surface area contributed by atoms with Crippen LogP contribution in [0, 0.1) is 0 Å². The molecule has 0 amide bonds. The Labute approximate surface area is 169 Å². The van der Waals surface area contributed by atoms with Crippen LogP contribution in [-0.2, 0) is 16.4 Å². The summed E-state index contributed by atoms with van der Waals surface area (Å²) in [6.07, 6.45) is 2.64. The van der Waals surface area contributed by atoms with Crippen molar-refractivity contribution in [3.8, 4) is 11.5 Å². The predicted molar refractivity (Wildman–Crippen MR) is 113 cm³/mol. The van der Waals surface area contributed by atoms with Crippen molar-refractivity contribution < 1.29 is 13.2 Å². The van der Waals surface area contributed by atoms with Crippen molar-refractivity contribution in [2.45, 2.75) is 11.4 Å². The molecule has 1 N–H and O–H groups in total. The fourth-order valence-corrected chi connectivity index (χ4v) is 3.60. The lowest BCUT2D eigenvalue weighted by molar-refractivity contribution is 0.477. The van der Waals surface area contributed by atoms with Crippen molar-refractivity contribution in [2.75, 3.05) is 11.6 Å². The minimum absolute atomic E-state index is 0.232. The standard InChI is InChI=1S/C22H19N3O3S/c1-29(26,27)18-11-12-20-19(13-18)22(25-15-24-20)23-14-16-7-5-6-10-21(16)28-17-8-3-2-4-9-17/h2-13,15H,14H2,1H3,(H,23,24,25). The zero-order chi connectivity index (χ0) is 20.3. The van der Waals surface area contributed by atoms with Crippen LogP contribution in [0.15, 0.2) is 84.0 Å². The van der Waals surface area contributed by atoms with Gasteiger partial charge in [-0.15, -0.1) is 0 Å². The molecule has 1 heterocycles. The maximum Gasteiger partial charge on any atom is 0.175 e.